The van der Waals surface area contributed by atoms with Crippen LogP contribution in [0, 0.1) is 0 Å². The van der Waals surface area contributed by atoms with Crippen LogP contribution < -0.4 is 0 Å². The number of hydrogen-bond acceptors (Lipinski definition) is 5. The lowest BCUT2D eigenvalue weighted by Gasteiger charge is -2.33. The fourth-order valence-corrected chi connectivity index (χ4v) is 5.21. The lowest BCUT2D eigenvalue weighted by atomic mass is 10.2. The van der Waals surface area contributed by atoms with Gasteiger partial charge in [-0.05, 0) is 30.2 Å². The average molecular weight is 385 g/mol. The van der Waals surface area contributed by atoms with Gasteiger partial charge in [0.1, 0.15) is 5.52 Å². The molecule has 1 saturated heterocycles. The van der Waals surface area contributed by atoms with Crippen molar-refractivity contribution in [3.8, 4) is 0 Å². The topological polar surface area (TPSA) is 66.7 Å². The molecule has 1 fully saturated rings. The third-order valence-electron chi connectivity index (χ3n) is 5.00. The number of rotatable bonds is 5. The van der Waals surface area contributed by atoms with Crippen molar-refractivity contribution in [1.82, 2.24) is 14.2 Å². The Kier molecular flexibility index (Phi) is 4.99. The third kappa shape index (κ3) is 3.63. The van der Waals surface area contributed by atoms with Crippen molar-refractivity contribution in [2.75, 3.05) is 26.2 Å². The summed E-state index contributed by atoms with van der Waals surface area (Å²) in [4.78, 5) is 7.12. The van der Waals surface area contributed by atoms with Gasteiger partial charge in [0, 0.05) is 26.2 Å². The highest BCUT2D eigenvalue weighted by atomic mass is 32.2. The lowest BCUT2D eigenvalue weighted by Crippen LogP contribution is -2.48. The van der Waals surface area contributed by atoms with Crippen LogP contribution in [0.1, 0.15) is 18.4 Å². The van der Waals surface area contributed by atoms with Crippen molar-refractivity contribution in [3.05, 3.63) is 60.0 Å². The second-order valence-corrected chi connectivity index (χ2v) is 8.62. The quantitative estimate of drug-likeness (QED) is 0.676. The van der Waals surface area contributed by atoms with Crippen LogP contribution in [-0.2, 0) is 23.0 Å². The molecule has 3 aromatic rings. The van der Waals surface area contributed by atoms with Gasteiger partial charge >= 0.3 is 0 Å². The van der Waals surface area contributed by atoms with Gasteiger partial charge in [0.15, 0.2) is 5.58 Å². The molecule has 2 heterocycles. The van der Waals surface area contributed by atoms with Crippen molar-refractivity contribution < 1.29 is 12.8 Å². The van der Waals surface area contributed by atoms with Crippen molar-refractivity contribution in [2.45, 2.75) is 24.8 Å². The first-order chi connectivity index (χ1) is 13.1. The number of benzene rings is 2. The Morgan fingerprint density at radius 1 is 1.00 bits per heavy atom. The molecule has 1 aliphatic rings. The van der Waals surface area contributed by atoms with Crippen LogP contribution in [0.15, 0.2) is 57.8 Å². The second-order valence-electron chi connectivity index (χ2n) is 6.72. The van der Waals surface area contributed by atoms with Crippen LogP contribution in [0.3, 0.4) is 0 Å². The summed E-state index contributed by atoms with van der Waals surface area (Å²) in [6.45, 7) is 4.83. The van der Waals surface area contributed by atoms with Crippen molar-refractivity contribution >= 4 is 21.1 Å². The Balaban J connectivity index is 1.43. The van der Waals surface area contributed by atoms with Crippen LogP contribution in [0.2, 0.25) is 0 Å². The van der Waals surface area contributed by atoms with Crippen LogP contribution in [0.5, 0.6) is 0 Å². The van der Waals surface area contributed by atoms with Crippen molar-refractivity contribution in [3.63, 3.8) is 0 Å². The van der Waals surface area contributed by atoms with E-state index in [1.54, 1.807) is 16.4 Å². The third-order valence-corrected chi connectivity index (χ3v) is 7.00. The molecular weight excluding hydrogens is 362 g/mol. The minimum Gasteiger partial charge on any atom is -0.439 e. The number of oxazole rings is 1. The maximum atomic E-state index is 13.0. The van der Waals surface area contributed by atoms with E-state index in [1.807, 2.05) is 43.3 Å². The van der Waals surface area contributed by atoms with E-state index in [-0.39, 0.29) is 0 Å². The predicted octanol–water partition coefficient (Wildman–Crippen LogP) is 2.90. The fraction of sp³-hybridized carbons (Fsp3) is 0.350. The molecule has 142 valence electrons. The highest BCUT2D eigenvalue weighted by Crippen LogP contribution is 2.23. The van der Waals surface area contributed by atoms with Crippen molar-refractivity contribution in [2.24, 2.45) is 0 Å². The zero-order chi connectivity index (χ0) is 18.9. The predicted molar refractivity (Wildman–Crippen MR) is 104 cm³/mol. The van der Waals surface area contributed by atoms with E-state index in [9.17, 15) is 8.42 Å². The van der Waals surface area contributed by atoms with Gasteiger partial charge in [-0.15, -0.1) is 0 Å². The molecule has 0 atom stereocenters. The maximum absolute atomic E-state index is 13.0. The summed E-state index contributed by atoms with van der Waals surface area (Å²) < 4.78 is 33.4. The molecule has 0 spiro atoms. The summed E-state index contributed by atoms with van der Waals surface area (Å²) >= 11 is 0. The van der Waals surface area contributed by atoms with E-state index in [1.165, 1.54) is 0 Å². The van der Waals surface area contributed by atoms with Gasteiger partial charge in [0.2, 0.25) is 15.9 Å². The van der Waals surface area contributed by atoms with Gasteiger partial charge in [0.05, 0.1) is 11.4 Å². The van der Waals surface area contributed by atoms with Gasteiger partial charge in [0.25, 0.3) is 0 Å². The first kappa shape index (κ1) is 18.2. The minimum atomic E-state index is -3.45. The highest BCUT2D eigenvalue weighted by Gasteiger charge is 2.30. The molecule has 0 saturated carbocycles. The number of aryl methyl sites for hydroxylation is 1. The summed E-state index contributed by atoms with van der Waals surface area (Å²) in [6.07, 6.45) is 0.701. The van der Waals surface area contributed by atoms with Gasteiger partial charge in [-0.2, -0.15) is 4.31 Å². The average Bonchev–Trinajstić information content (AvgIpc) is 3.10. The maximum Gasteiger partial charge on any atom is 0.243 e. The molecule has 0 bridgehead atoms. The largest absolute Gasteiger partial charge is 0.439 e. The van der Waals surface area contributed by atoms with E-state index >= 15 is 0 Å². The first-order valence-corrected chi connectivity index (χ1v) is 10.7. The molecule has 1 aromatic heterocycles. The van der Waals surface area contributed by atoms with E-state index in [4.69, 9.17) is 4.42 Å². The van der Waals surface area contributed by atoms with Gasteiger partial charge in [-0.25, -0.2) is 13.4 Å². The smallest absolute Gasteiger partial charge is 0.243 e. The van der Waals surface area contributed by atoms with Crippen LogP contribution in [0.4, 0.5) is 0 Å². The number of fused-ring (bicyclic) bond motifs is 1. The molecular formula is C20H23N3O3S. The summed E-state index contributed by atoms with van der Waals surface area (Å²) in [7, 11) is -3.45. The SMILES string of the molecule is CCc1ccccc1S(=O)(=O)N1CCN(Cc2nc3ccccc3o2)CC1. The number of sulfonamides is 1. The zero-order valence-electron chi connectivity index (χ0n) is 15.3. The van der Waals surface area contributed by atoms with E-state index in [2.05, 4.69) is 9.88 Å². The van der Waals surface area contributed by atoms with Crippen molar-refractivity contribution in [1.29, 1.82) is 0 Å². The van der Waals surface area contributed by atoms with Crippen LogP contribution in [-0.4, -0.2) is 48.8 Å². The molecule has 0 unspecified atom stereocenters. The van der Waals surface area contributed by atoms with Crippen LogP contribution >= 0.6 is 0 Å². The fourth-order valence-electron chi connectivity index (χ4n) is 3.49. The first-order valence-electron chi connectivity index (χ1n) is 9.23. The Hall–Kier alpha value is -2.22. The monoisotopic (exact) mass is 385 g/mol. The normalized spacial score (nSPS) is 16.8. The molecule has 0 aliphatic carbocycles. The summed E-state index contributed by atoms with van der Waals surface area (Å²) in [5, 5.41) is 0. The Bertz CT molecular complexity index is 1000. The molecule has 0 radical (unpaired) electrons. The molecule has 6 nitrogen and oxygen atoms in total. The Morgan fingerprint density at radius 3 is 2.44 bits per heavy atom. The number of nitrogens with zero attached hydrogens (tertiary/aromatic N) is 3. The summed E-state index contributed by atoms with van der Waals surface area (Å²) in [5.41, 5.74) is 2.50. The van der Waals surface area contributed by atoms with Gasteiger partial charge in [-0.1, -0.05) is 37.3 Å². The van der Waals surface area contributed by atoms with Gasteiger partial charge < -0.3 is 4.42 Å². The number of para-hydroxylation sites is 2. The molecule has 7 heteroatoms. The number of aromatic nitrogens is 1. The zero-order valence-corrected chi connectivity index (χ0v) is 16.2. The van der Waals surface area contributed by atoms with E-state index < -0.39 is 10.0 Å². The molecule has 2 aromatic carbocycles. The summed E-state index contributed by atoms with van der Waals surface area (Å²) in [6, 6.07) is 15.0. The second kappa shape index (κ2) is 7.42. The lowest BCUT2D eigenvalue weighted by molar-refractivity contribution is 0.169. The molecule has 0 N–H and O–H groups in total. The van der Waals surface area contributed by atoms with E-state index in [0.29, 0.717) is 49.9 Å². The Labute approximate surface area is 159 Å². The Morgan fingerprint density at radius 2 is 1.70 bits per heavy atom. The van der Waals surface area contributed by atoms with Gasteiger partial charge in [-0.3, -0.25) is 4.90 Å². The molecule has 27 heavy (non-hydrogen) atoms. The summed E-state index contributed by atoms with van der Waals surface area (Å²) in [5.74, 6) is 0.670. The molecule has 0 amide bonds. The highest BCUT2D eigenvalue weighted by molar-refractivity contribution is 7.89. The minimum absolute atomic E-state index is 0.430. The molecule has 1 aliphatic heterocycles. The number of piperazine rings is 1. The standard InChI is InChI=1S/C20H23N3O3S/c1-2-16-7-3-6-10-19(16)27(24,25)23-13-11-22(12-14-23)15-20-21-17-8-4-5-9-18(17)26-20/h3-10H,2,11-15H2,1H3. The number of hydrogen-bond donors (Lipinski definition) is 0. The van der Waals surface area contributed by atoms with E-state index in [0.717, 1.165) is 16.7 Å². The molecule has 4 rings (SSSR count). The van der Waals surface area contributed by atoms with Crippen LogP contribution in [0.25, 0.3) is 11.1 Å².